The molecule has 1 amide bonds. The average molecular weight is 210 g/mol. The van der Waals surface area contributed by atoms with Gasteiger partial charge in [0.15, 0.2) is 0 Å². The fourth-order valence-electron chi connectivity index (χ4n) is 1.81. The van der Waals surface area contributed by atoms with Crippen molar-refractivity contribution in [3.05, 3.63) is 22.4 Å². The van der Waals surface area contributed by atoms with E-state index in [0.29, 0.717) is 18.8 Å². The first-order chi connectivity index (χ1) is 7.16. The molecule has 1 saturated heterocycles. The number of carbonyl (C=O) groups is 1. The second-order valence-corrected chi connectivity index (χ2v) is 3.81. The highest BCUT2D eigenvalue weighted by molar-refractivity contribution is 5.92. The molecule has 0 aromatic carbocycles. The van der Waals surface area contributed by atoms with Gasteiger partial charge in [0.1, 0.15) is 5.69 Å². The molecule has 4 N–H and O–H groups in total. The zero-order chi connectivity index (χ0) is 10.8. The molecule has 0 radical (unpaired) electrons. The predicted octanol–water partition coefficient (Wildman–Crippen LogP) is -0.734. The van der Waals surface area contributed by atoms with Crippen molar-refractivity contribution < 1.29 is 4.79 Å². The van der Waals surface area contributed by atoms with Gasteiger partial charge in [-0.25, -0.2) is 4.79 Å². The van der Waals surface area contributed by atoms with Crippen LogP contribution in [-0.4, -0.2) is 39.9 Å². The van der Waals surface area contributed by atoms with Crippen LogP contribution < -0.4 is 11.4 Å². The largest absolute Gasteiger partial charge is 0.336 e. The SMILES string of the molecule is N[C@@H]1CCCN(C(=O)c2c[nH]c(=O)[nH]2)C1. The molecule has 6 nitrogen and oxygen atoms in total. The first kappa shape index (κ1) is 9.97. The summed E-state index contributed by atoms with van der Waals surface area (Å²) in [5.74, 6) is -0.163. The van der Waals surface area contributed by atoms with E-state index in [2.05, 4.69) is 9.97 Å². The third-order valence-corrected chi connectivity index (χ3v) is 2.57. The minimum absolute atomic E-state index is 0.0494. The summed E-state index contributed by atoms with van der Waals surface area (Å²) in [4.78, 5) is 29.2. The lowest BCUT2D eigenvalue weighted by atomic mass is 10.1. The number of piperidine rings is 1. The maximum atomic E-state index is 11.8. The quantitative estimate of drug-likeness (QED) is 0.570. The molecule has 82 valence electrons. The van der Waals surface area contributed by atoms with Crippen molar-refractivity contribution in [3.8, 4) is 0 Å². The topological polar surface area (TPSA) is 95.0 Å². The highest BCUT2D eigenvalue weighted by atomic mass is 16.2. The van der Waals surface area contributed by atoms with E-state index in [-0.39, 0.29) is 17.6 Å². The predicted molar refractivity (Wildman–Crippen MR) is 54.5 cm³/mol. The second-order valence-electron chi connectivity index (χ2n) is 3.81. The number of rotatable bonds is 1. The summed E-state index contributed by atoms with van der Waals surface area (Å²) < 4.78 is 0. The molecule has 1 atom stereocenters. The smallest absolute Gasteiger partial charge is 0.323 e. The Balaban J connectivity index is 2.10. The van der Waals surface area contributed by atoms with Crippen LogP contribution in [0, 0.1) is 0 Å². The molecular weight excluding hydrogens is 196 g/mol. The molecule has 6 heteroatoms. The van der Waals surface area contributed by atoms with Crippen LogP contribution in [0.1, 0.15) is 23.3 Å². The van der Waals surface area contributed by atoms with Crippen LogP contribution in [0.4, 0.5) is 0 Å². The van der Waals surface area contributed by atoms with Gasteiger partial charge >= 0.3 is 5.69 Å². The number of nitrogens with one attached hydrogen (secondary N) is 2. The number of amides is 1. The molecule has 2 rings (SSSR count). The Labute approximate surface area is 86.5 Å². The average Bonchev–Trinajstić information content (AvgIpc) is 2.64. The van der Waals surface area contributed by atoms with Crippen LogP contribution in [0.2, 0.25) is 0 Å². The van der Waals surface area contributed by atoms with E-state index in [1.807, 2.05) is 0 Å². The molecule has 1 aliphatic heterocycles. The number of hydrogen-bond donors (Lipinski definition) is 3. The Morgan fingerprint density at radius 3 is 3.00 bits per heavy atom. The standard InChI is InChI=1S/C9H14N4O2/c10-6-2-1-3-13(5-6)8(14)7-4-11-9(15)12-7/h4,6H,1-3,5,10H2,(H2,11,12,15)/t6-/m1/s1. The monoisotopic (exact) mass is 210 g/mol. The van der Waals surface area contributed by atoms with E-state index >= 15 is 0 Å². The van der Waals surface area contributed by atoms with Crippen LogP contribution in [0.3, 0.4) is 0 Å². The Kier molecular flexibility index (Phi) is 2.59. The number of nitrogens with zero attached hydrogens (tertiary/aromatic N) is 1. The van der Waals surface area contributed by atoms with E-state index in [1.165, 1.54) is 6.20 Å². The summed E-state index contributed by atoms with van der Waals surface area (Å²) in [5.41, 5.74) is 5.71. The van der Waals surface area contributed by atoms with Gasteiger partial charge in [0.05, 0.1) is 0 Å². The summed E-state index contributed by atoms with van der Waals surface area (Å²) in [6.07, 6.45) is 3.26. The Hall–Kier alpha value is -1.56. The van der Waals surface area contributed by atoms with Crippen molar-refractivity contribution in [2.45, 2.75) is 18.9 Å². The van der Waals surface area contributed by atoms with E-state index < -0.39 is 0 Å². The van der Waals surface area contributed by atoms with Crippen LogP contribution in [0.15, 0.2) is 11.0 Å². The third-order valence-electron chi connectivity index (χ3n) is 2.57. The molecule has 0 spiro atoms. The van der Waals surface area contributed by atoms with Gasteiger partial charge in [-0.3, -0.25) is 4.79 Å². The van der Waals surface area contributed by atoms with Gasteiger partial charge in [0.25, 0.3) is 5.91 Å². The van der Waals surface area contributed by atoms with Gasteiger partial charge in [0.2, 0.25) is 0 Å². The lowest BCUT2D eigenvalue weighted by Gasteiger charge is -2.30. The van der Waals surface area contributed by atoms with Crippen LogP contribution in [-0.2, 0) is 0 Å². The fraction of sp³-hybridized carbons (Fsp3) is 0.556. The number of aromatic nitrogens is 2. The van der Waals surface area contributed by atoms with Crippen LogP contribution in [0.25, 0.3) is 0 Å². The van der Waals surface area contributed by atoms with Crippen LogP contribution in [0.5, 0.6) is 0 Å². The fourth-order valence-corrected chi connectivity index (χ4v) is 1.81. The maximum absolute atomic E-state index is 11.8. The van der Waals surface area contributed by atoms with Gasteiger partial charge in [-0.05, 0) is 12.8 Å². The molecule has 1 fully saturated rings. The summed E-state index contributed by atoms with van der Waals surface area (Å²) in [5, 5.41) is 0. The molecule has 0 saturated carbocycles. The summed E-state index contributed by atoms with van der Waals surface area (Å²) in [6, 6.07) is 0.0494. The molecular formula is C9H14N4O2. The third kappa shape index (κ3) is 2.10. The summed E-state index contributed by atoms with van der Waals surface area (Å²) >= 11 is 0. The minimum atomic E-state index is -0.361. The highest BCUT2D eigenvalue weighted by Gasteiger charge is 2.23. The zero-order valence-electron chi connectivity index (χ0n) is 8.32. The molecule has 0 unspecified atom stereocenters. The number of hydrogen-bond acceptors (Lipinski definition) is 3. The normalized spacial score (nSPS) is 21.7. The number of aromatic amines is 2. The number of imidazole rings is 1. The van der Waals surface area contributed by atoms with Crippen molar-refractivity contribution in [1.82, 2.24) is 14.9 Å². The van der Waals surface area contributed by atoms with Gasteiger partial charge in [-0.1, -0.05) is 0 Å². The first-order valence-corrected chi connectivity index (χ1v) is 4.99. The molecule has 15 heavy (non-hydrogen) atoms. The molecule has 2 heterocycles. The molecule has 0 aliphatic carbocycles. The van der Waals surface area contributed by atoms with Gasteiger partial charge in [-0.15, -0.1) is 0 Å². The van der Waals surface area contributed by atoms with Crippen molar-refractivity contribution in [2.75, 3.05) is 13.1 Å². The second kappa shape index (κ2) is 3.90. The lowest BCUT2D eigenvalue weighted by Crippen LogP contribution is -2.45. The lowest BCUT2D eigenvalue weighted by molar-refractivity contribution is 0.0703. The number of nitrogens with two attached hydrogens (primary N) is 1. The molecule has 1 aromatic rings. The zero-order valence-corrected chi connectivity index (χ0v) is 8.32. The Bertz CT molecular complexity index is 408. The van der Waals surface area contributed by atoms with Crippen molar-refractivity contribution in [3.63, 3.8) is 0 Å². The van der Waals surface area contributed by atoms with Gasteiger partial charge in [0, 0.05) is 25.3 Å². The summed E-state index contributed by atoms with van der Waals surface area (Å²) in [7, 11) is 0. The number of carbonyl (C=O) groups excluding carboxylic acids is 1. The van der Waals surface area contributed by atoms with E-state index in [0.717, 1.165) is 12.8 Å². The van der Waals surface area contributed by atoms with Crippen molar-refractivity contribution in [2.24, 2.45) is 5.73 Å². The van der Waals surface area contributed by atoms with Gasteiger partial charge < -0.3 is 20.6 Å². The van der Waals surface area contributed by atoms with E-state index in [1.54, 1.807) is 4.90 Å². The minimum Gasteiger partial charge on any atom is -0.336 e. The van der Waals surface area contributed by atoms with E-state index in [4.69, 9.17) is 5.73 Å². The van der Waals surface area contributed by atoms with Gasteiger partial charge in [-0.2, -0.15) is 0 Å². The number of likely N-dealkylation sites (tertiary alicyclic amines) is 1. The first-order valence-electron chi connectivity index (χ1n) is 4.99. The highest BCUT2D eigenvalue weighted by Crippen LogP contribution is 2.10. The van der Waals surface area contributed by atoms with E-state index in [9.17, 15) is 9.59 Å². The molecule has 0 bridgehead atoms. The Morgan fingerprint density at radius 2 is 2.40 bits per heavy atom. The maximum Gasteiger partial charge on any atom is 0.323 e. The Morgan fingerprint density at radius 1 is 1.60 bits per heavy atom. The summed E-state index contributed by atoms with van der Waals surface area (Å²) in [6.45, 7) is 1.27. The van der Waals surface area contributed by atoms with Crippen molar-refractivity contribution in [1.29, 1.82) is 0 Å². The van der Waals surface area contributed by atoms with Crippen LogP contribution >= 0.6 is 0 Å². The van der Waals surface area contributed by atoms with Crippen molar-refractivity contribution >= 4 is 5.91 Å². The molecule has 1 aromatic heterocycles. The number of H-pyrrole nitrogens is 2. The molecule has 1 aliphatic rings.